The molecule has 0 aliphatic carbocycles. The Hall–Kier alpha value is -2.33. The Morgan fingerprint density at radius 2 is 1.68 bits per heavy atom. The molecule has 1 atom stereocenters. The first-order valence-electron chi connectivity index (χ1n) is 7.27. The van der Waals surface area contributed by atoms with Crippen molar-refractivity contribution in [2.75, 3.05) is 25.5 Å². The second-order valence-corrected chi connectivity index (χ2v) is 5.58. The van der Waals surface area contributed by atoms with Gasteiger partial charge in [0.1, 0.15) is 0 Å². The lowest BCUT2D eigenvalue weighted by atomic mass is 10.1. The van der Waals surface area contributed by atoms with E-state index in [0.29, 0.717) is 5.56 Å². The Kier molecular flexibility index (Phi) is 5.17. The predicted octanol–water partition coefficient (Wildman–Crippen LogP) is 2.52. The lowest BCUT2D eigenvalue weighted by Crippen LogP contribution is -2.28. The Morgan fingerprint density at radius 3 is 2.23 bits per heavy atom. The van der Waals surface area contributed by atoms with Gasteiger partial charge in [-0.15, -0.1) is 0 Å². The fourth-order valence-electron chi connectivity index (χ4n) is 2.11. The molecule has 0 aliphatic heterocycles. The number of rotatable bonds is 5. The lowest BCUT2D eigenvalue weighted by Gasteiger charge is -2.14. The Bertz CT molecular complexity index is 619. The summed E-state index contributed by atoms with van der Waals surface area (Å²) < 4.78 is 0. The summed E-state index contributed by atoms with van der Waals surface area (Å²) in [6.45, 7) is 2.19. The van der Waals surface area contributed by atoms with E-state index in [1.807, 2.05) is 62.3 Å². The zero-order chi connectivity index (χ0) is 16.1. The van der Waals surface area contributed by atoms with E-state index in [-0.39, 0.29) is 12.5 Å². The summed E-state index contributed by atoms with van der Waals surface area (Å²) in [4.78, 5) is 14.1. The van der Waals surface area contributed by atoms with Crippen molar-refractivity contribution in [3.05, 3.63) is 65.2 Å². The van der Waals surface area contributed by atoms with Gasteiger partial charge in [0, 0.05) is 31.9 Å². The number of anilines is 1. The molecule has 4 nitrogen and oxygen atoms in total. The minimum Gasteiger partial charge on any atom is -0.387 e. The number of aliphatic hydroxyl groups is 1. The Morgan fingerprint density at radius 1 is 1.09 bits per heavy atom. The monoisotopic (exact) mass is 298 g/mol. The molecule has 0 aliphatic rings. The van der Waals surface area contributed by atoms with Gasteiger partial charge in [0.2, 0.25) is 0 Å². The molecule has 2 rings (SSSR count). The Labute approximate surface area is 131 Å². The van der Waals surface area contributed by atoms with Crippen LogP contribution in [-0.4, -0.2) is 31.7 Å². The molecule has 0 saturated carbocycles. The van der Waals surface area contributed by atoms with Crippen LogP contribution in [0.1, 0.15) is 27.6 Å². The van der Waals surface area contributed by atoms with Gasteiger partial charge in [-0.25, -0.2) is 0 Å². The molecule has 0 saturated heterocycles. The summed E-state index contributed by atoms with van der Waals surface area (Å²) in [5.74, 6) is -0.184. The van der Waals surface area contributed by atoms with Crippen LogP contribution in [0.5, 0.6) is 0 Å². The third-order valence-electron chi connectivity index (χ3n) is 3.56. The van der Waals surface area contributed by atoms with Crippen LogP contribution in [0, 0.1) is 6.92 Å². The van der Waals surface area contributed by atoms with E-state index in [1.54, 1.807) is 12.1 Å². The maximum atomic E-state index is 12.1. The summed E-state index contributed by atoms with van der Waals surface area (Å²) in [6, 6.07) is 15.0. The summed E-state index contributed by atoms with van der Waals surface area (Å²) in [7, 11) is 3.90. The first-order chi connectivity index (χ1) is 10.5. The highest BCUT2D eigenvalue weighted by molar-refractivity contribution is 5.94. The van der Waals surface area contributed by atoms with Gasteiger partial charge < -0.3 is 15.3 Å². The minimum absolute atomic E-state index is 0.184. The van der Waals surface area contributed by atoms with Crippen LogP contribution in [0.4, 0.5) is 5.69 Å². The smallest absolute Gasteiger partial charge is 0.251 e. The molecule has 116 valence electrons. The van der Waals surface area contributed by atoms with E-state index in [1.165, 1.54) is 0 Å². The van der Waals surface area contributed by atoms with Crippen LogP contribution in [0.3, 0.4) is 0 Å². The molecular weight excluding hydrogens is 276 g/mol. The van der Waals surface area contributed by atoms with E-state index < -0.39 is 6.10 Å². The zero-order valence-electron chi connectivity index (χ0n) is 13.2. The molecule has 2 aromatic rings. The maximum Gasteiger partial charge on any atom is 0.251 e. The molecule has 0 radical (unpaired) electrons. The van der Waals surface area contributed by atoms with Crippen molar-refractivity contribution in [2.24, 2.45) is 0 Å². The molecule has 0 aromatic heterocycles. The highest BCUT2D eigenvalue weighted by Gasteiger charge is 2.11. The summed E-state index contributed by atoms with van der Waals surface area (Å²) in [5.41, 5.74) is 3.56. The van der Waals surface area contributed by atoms with Crippen molar-refractivity contribution >= 4 is 11.6 Å². The SMILES string of the molecule is Cc1ccc([C@H](O)CNC(=O)c2ccc(N(C)C)cc2)cc1. The Balaban J connectivity index is 1.93. The van der Waals surface area contributed by atoms with Crippen LogP contribution < -0.4 is 10.2 Å². The first-order valence-corrected chi connectivity index (χ1v) is 7.27. The number of carbonyl (C=O) groups is 1. The van der Waals surface area contributed by atoms with Gasteiger partial charge in [-0.3, -0.25) is 4.79 Å². The normalized spacial score (nSPS) is 11.8. The van der Waals surface area contributed by atoms with Crippen molar-refractivity contribution in [3.63, 3.8) is 0 Å². The molecule has 2 aromatic carbocycles. The van der Waals surface area contributed by atoms with Gasteiger partial charge >= 0.3 is 0 Å². The average molecular weight is 298 g/mol. The summed E-state index contributed by atoms with van der Waals surface area (Å²) in [6.07, 6.45) is -0.703. The van der Waals surface area contributed by atoms with Gasteiger partial charge in [0.15, 0.2) is 0 Å². The highest BCUT2D eigenvalue weighted by Crippen LogP contribution is 2.14. The number of hydrogen-bond donors (Lipinski definition) is 2. The molecule has 0 spiro atoms. The second kappa shape index (κ2) is 7.09. The molecule has 0 heterocycles. The molecule has 1 amide bonds. The van der Waals surface area contributed by atoms with Gasteiger partial charge in [0.25, 0.3) is 5.91 Å². The summed E-state index contributed by atoms with van der Waals surface area (Å²) in [5, 5.41) is 12.9. The fraction of sp³-hybridized carbons (Fsp3) is 0.278. The molecule has 4 heteroatoms. The van der Waals surface area contributed by atoms with Gasteiger partial charge in [-0.2, -0.15) is 0 Å². The number of aliphatic hydroxyl groups excluding tert-OH is 1. The lowest BCUT2D eigenvalue weighted by molar-refractivity contribution is 0.0916. The average Bonchev–Trinajstić information content (AvgIpc) is 2.53. The first kappa shape index (κ1) is 16.0. The largest absolute Gasteiger partial charge is 0.387 e. The van der Waals surface area contributed by atoms with Crippen molar-refractivity contribution in [3.8, 4) is 0 Å². The number of benzene rings is 2. The van der Waals surface area contributed by atoms with Crippen LogP contribution in [0.15, 0.2) is 48.5 Å². The third kappa shape index (κ3) is 4.09. The van der Waals surface area contributed by atoms with Crippen LogP contribution in [0.25, 0.3) is 0 Å². The molecule has 0 unspecified atom stereocenters. The predicted molar refractivity (Wildman–Crippen MR) is 89.2 cm³/mol. The number of amides is 1. The van der Waals surface area contributed by atoms with Crippen LogP contribution in [-0.2, 0) is 0 Å². The second-order valence-electron chi connectivity index (χ2n) is 5.58. The summed E-state index contributed by atoms with van der Waals surface area (Å²) >= 11 is 0. The van der Waals surface area contributed by atoms with Crippen LogP contribution >= 0.6 is 0 Å². The topological polar surface area (TPSA) is 52.6 Å². The van der Waals surface area contributed by atoms with Gasteiger partial charge in [-0.05, 0) is 36.8 Å². The quantitative estimate of drug-likeness (QED) is 0.892. The fourth-order valence-corrected chi connectivity index (χ4v) is 2.11. The van der Waals surface area contributed by atoms with E-state index in [9.17, 15) is 9.90 Å². The number of carbonyl (C=O) groups excluding carboxylic acids is 1. The van der Waals surface area contributed by atoms with E-state index in [4.69, 9.17) is 0 Å². The third-order valence-corrected chi connectivity index (χ3v) is 3.56. The van der Waals surface area contributed by atoms with Crippen molar-refractivity contribution in [1.82, 2.24) is 5.32 Å². The number of hydrogen-bond acceptors (Lipinski definition) is 3. The highest BCUT2D eigenvalue weighted by atomic mass is 16.3. The van der Waals surface area contributed by atoms with E-state index >= 15 is 0 Å². The number of nitrogens with one attached hydrogen (secondary N) is 1. The molecular formula is C18H22N2O2. The van der Waals surface area contributed by atoms with Crippen molar-refractivity contribution in [1.29, 1.82) is 0 Å². The van der Waals surface area contributed by atoms with Crippen molar-refractivity contribution < 1.29 is 9.90 Å². The zero-order valence-corrected chi connectivity index (χ0v) is 13.2. The van der Waals surface area contributed by atoms with Gasteiger partial charge in [0.05, 0.1) is 6.10 Å². The molecule has 22 heavy (non-hydrogen) atoms. The van der Waals surface area contributed by atoms with Crippen LogP contribution in [0.2, 0.25) is 0 Å². The van der Waals surface area contributed by atoms with E-state index in [0.717, 1.165) is 16.8 Å². The standard InChI is InChI=1S/C18H22N2O2/c1-13-4-6-14(7-5-13)17(21)12-19-18(22)15-8-10-16(11-9-15)20(2)3/h4-11,17,21H,12H2,1-3H3,(H,19,22)/t17-/m1/s1. The molecule has 0 fully saturated rings. The minimum atomic E-state index is -0.703. The van der Waals surface area contributed by atoms with Crippen molar-refractivity contribution in [2.45, 2.75) is 13.0 Å². The van der Waals surface area contributed by atoms with E-state index in [2.05, 4.69) is 5.32 Å². The van der Waals surface area contributed by atoms with Gasteiger partial charge in [-0.1, -0.05) is 29.8 Å². The molecule has 0 bridgehead atoms. The molecule has 2 N–H and O–H groups in total. The maximum absolute atomic E-state index is 12.1. The number of aryl methyl sites for hydroxylation is 1. The number of nitrogens with zero attached hydrogens (tertiary/aromatic N) is 1.